The van der Waals surface area contributed by atoms with Crippen molar-refractivity contribution in [3.05, 3.63) is 106 Å². The summed E-state index contributed by atoms with van der Waals surface area (Å²) in [5.41, 5.74) is 2.93. The molecule has 0 aliphatic rings. The first-order valence-corrected chi connectivity index (χ1v) is 10.7. The molecule has 7 heteroatoms. The van der Waals surface area contributed by atoms with Crippen LogP contribution in [-0.4, -0.2) is 18.5 Å². The largest absolute Gasteiger partial charge is 0.482 e. The lowest BCUT2D eigenvalue weighted by Crippen LogP contribution is -2.28. The fourth-order valence-electron chi connectivity index (χ4n) is 3.41. The Kier molecular flexibility index (Phi) is 6.73. The van der Waals surface area contributed by atoms with Gasteiger partial charge >= 0.3 is 11.6 Å². The highest BCUT2D eigenvalue weighted by Crippen LogP contribution is 2.24. The maximum atomic E-state index is 13.1. The van der Waals surface area contributed by atoms with Gasteiger partial charge in [0.25, 0.3) is 5.91 Å². The van der Waals surface area contributed by atoms with Gasteiger partial charge in [0.15, 0.2) is 6.61 Å². The molecule has 0 aliphatic carbocycles. The lowest BCUT2D eigenvalue weighted by molar-refractivity contribution is -0.156. The number of esters is 1. The molecule has 3 aromatic carbocycles. The van der Waals surface area contributed by atoms with Crippen LogP contribution in [0.3, 0.4) is 0 Å². The number of carbonyl (C=O) groups excluding carboxylic acids is 2. The van der Waals surface area contributed by atoms with Crippen molar-refractivity contribution in [3.8, 4) is 5.75 Å². The van der Waals surface area contributed by atoms with Crippen molar-refractivity contribution in [1.82, 2.24) is 0 Å². The average molecular weight is 457 g/mol. The maximum Gasteiger partial charge on any atom is 0.345 e. The van der Waals surface area contributed by atoms with Gasteiger partial charge in [-0.05, 0) is 49.2 Å². The first-order valence-electron chi connectivity index (χ1n) is 10.7. The molecule has 0 saturated heterocycles. The topological polar surface area (TPSA) is 94.8 Å². The minimum absolute atomic E-state index is 0.329. The zero-order valence-corrected chi connectivity index (χ0v) is 18.7. The minimum atomic E-state index is -1.16. The van der Waals surface area contributed by atoms with Crippen molar-refractivity contribution in [1.29, 1.82) is 0 Å². The lowest BCUT2D eigenvalue weighted by atomic mass is 10.1. The summed E-state index contributed by atoms with van der Waals surface area (Å²) in [5.74, 6) is -0.866. The molecule has 34 heavy (non-hydrogen) atoms. The molecule has 7 nitrogen and oxygen atoms in total. The molecule has 0 fully saturated rings. The van der Waals surface area contributed by atoms with Gasteiger partial charge in [0.2, 0.25) is 6.10 Å². The summed E-state index contributed by atoms with van der Waals surface area (Å²) in [4.78, 5) is 37.1. The highest BCUT2D eigenvalue weighted by Gasteiger charge is 2.26. The van der Waals surface area contributed by atoms with Gasteiger partial charge in [-0.1, -0.05) is 42.5 Å². The zero-order chi connectivity index (χ0) is 24.1. The number of fused-ring (bicyclic) bond motifs is 1. The Morgan fingerprint density at radius 2 is 1.71 bits per heavy atom. The molecular weight excluding hydrogens is 434 g/mol. The Morgan fingerprint density at radius 3 is 2.50 bits per heavy atom. The van der Waals surface area contributed by atoms with E-state index in [2.05, 4.69) is 5.32 Å². The number of aryl methyl sites for hydroxylation is 2. The van der Waals surface area contributed by atoms with Crippen LogP contribution < -0.4 is 15.7 Å². The van der Waals surface area contributed by atoms with Crippen LogP contribution in [0, 0.1) is 13.8 Å². The van der Waals surface area contributed by atoms with E-state index in [0.717, 1.165) is 16.5 Å². The van der Waals surface area contributed by atoms with Crippen molar-refractivity contribution in [2.75, 3.05) is 11.9 Å². The predicted molar refractivity (Wildman–Crippen MR) is 128 cm³/mol. The smallest absolute Gasteiger partial charge is 0.345 e. The van der Waals surface area contributed by atoms with Crippen molar-refractivity contribution in [2.24, 2.45) is 0 Å². The summed E-state index contributed by atoms with van der Waals surface area (Å²) in [7, 11) is 0. The fraction of sp³-hybridized carbons (Fsp3) is 0.148. The monoisotopic (exact) mass is 457 g/mol. The highest BCUT2D eigenvalue weighted by molar-refractivity contribution is 5.96. The normalized spacial score (nSPS) is 11.6. The first kappa shape index (κ1) is 22.8. The van der Waals surface area contributed by atoms with Crippen LogP contribution in [0.15, 0.2) is 88.1 Å². The summed E-state index contributed by atoms with van der Waals surface area (Å²) >= 11 is 0. The van der Waals surface area contributed by atoms with Gasteiger partial charge in [-0.2, -0.15) is 0 Å². The van der Waals surface area contributed by atoms with Gasteiger partial charge in [0.05, 0.1) is 0 Å². The standard InChI is InChI=1S/C27H23NO6/c1-17-8-9-18(2)22(14-17)28-27(31)26(20-6-4-3-5-7-20)34-25(30)16-32-21-12-10-19-11-13-24(29)33-23(19)15-21/h3-15,26H,16H2,1-2H3,(H,28,31). The molecule has 4 aromatic rings. The maximum absolute atomic E-state index is 13.1. The molecule has 1 unspecified atom stereocenters. The Bertz CT molecular complexity index is 1390. The van der Waals surface area contributed by atoms with Crippen molar-refractivity contribution < 1.29 is 23.5 Å². The average Bonchev–Trinajstić information content (AvgIpc) is 2.83. The molecule has 0 spiro atoms. The molecule has 1 amide bonds. The third-order valence-corrected chi connectivity index (χ3v) is 5.19. The van der Waals surface area contributed by atoms with Gasteiger partial charge in [-0.3, -0.25) is 4.79 Å². The van der Waals surface area contributed by atoms with Crippen molar-refractivity contribution >= 4 is 28.5 Å². The quantitative estimate of drug-likeness (QED) is 0.319. The second-order valence-electron chi connectivity index (χ2n) is 7.83. The third kappa shape index (κ3) is 5.50. The second-order valence-corrected chi connectivity index (χ2v) is 7.83. The van der Waals surface area contributed by atoms with E-state index in [0.29, 0.717) is 22.6 Å². The van der Waals surface area contributed by atoms with Gasteiger partial charge in [0, 0.05) is 28.8 Å². The number of ether oxygens (including phenoxy) is 2. The number of hydrogen-bond acceptors (Lipinski definition) is 6. The van der Waals surface area contributed by atoms with Crippen LogP contribution in [0.5, 0.6) is 5.75 Å². The third-order valence-electron chi connectivity index (χ3n) is 5.19. The molecular formula is C27H23NO6. The second kappa shape index (κ2) is 10.0. The van der Waals surface area contributed by atoms with E-state index >= 15 is 0 Å². The Morgan fingerprint density at radius 1 is 0.941 bits per heavy atom. The van der Waals surface area contributed by atoms with E-state index in [1.54, 1.807) is 42.5 Å². The number of carbonyl (C=O) groups is 2. The van der Waals surface area contributed by atoms with E-state index in [-0.39, 0.29) is 0 Å². The summed E-state index contributed by atoms with van der Waals surface area (Å²) in [6.07, 6.45) is -1.16. The van der Waals surface area contributed by atoms with Crippen LogP contribution >= 0.6 is 0 Å². The molecule has 172 valence electrons. The van der Waals surface area contributed by atoms with Gasteiger partial charge < -0.3 is 19.2 Å². The van der Waals surface area contributed by atoms with E-state index in [1.807, 2.05) is 38.1 Å². The van der Waals surface area contributed by atoms with Crippen LogP contribution in [0.1, 0.15) is 22.8 Å². The molecule has 1 aromatic heterocycles. The molecule has 1 N–H and O–H groups in total. The number of benzene rings is 3. The zero-order valence-electron chi connectivity index (χ0n) is 18.7. The van der Waals surface area contributed by atoms with E-state index < -0.39 is 30.2 Å². The van der Waals surface area contributed by atoms with Crippen molar-refractivity contribution in [3.63, 3.8) is 0 Å². The molecule has 0 aliphatic heterocycles. The van der Waals surface area contributed by atoms with Gasteiger partial charge in [-0.25, -0.2) is 9.59 Å². The summed E-state index contributed by atoms with van der Waals surface area (Å²) in [6.45, 7) is 3.39. The summed E-state index contributed by atoms with van der Waals surface area (Å²) < 4.78 is 16.2. The van der Waals surface area contributed by atoms with E-state index in [1.165, 1.54) is 12.1 Å². The van der Waals surface area contributed by atoms with E-state index in [9.17, 15) is 14.4 Å². The van der Waals surface area contributed by atoms with Crippen LogP contribution in [0.25, 0.3) is 11.0 Å². The highest BCUT2D eigenvalue weighted by atomic mass is 16.6. The number of nitrogens with one attached hydrogen (secondary N) is 1. The minimum Gasteiger partial charge on any atom is -0.482 e. The molecule has 0 saturated carbocycles. The number of hydrogen-bond donors (Lipinski definition) is 1. The lowest BCUT2D eigenvalue weighted by Gasteiger charge is -2.19. The van der Waals surface area contributed by atoms with Crippen LogP contribution in [0.4, 0.5) is 5.69 Å². The van der Waals surface area contributed by atoms with Crippen molar-refractivity contribution in [2.45, 2.75) is 20.0 Å². The first-order chi connectivity index (χ1) is 16.4. The van der Waals surface area contributed by atoms with E-state index in [4.69, 9.17) is 13.9 Å². The Labute approximate surface area is 195 Å². The molecule has 1 heterocycles. The van der Waals surface area contributed by atoms with Gasteiger partial charge in [-0.15, -0.1) is 0 Å². The fourth-order valence-corrected chi connectivity index (χ4v) is 3.41. The molecule has 4 rings (SSSR count). The number of anilines is 1. The van der Waals surface area contributed by atoms with Crippen LogP contribution in [0.2, 0.25) is 0 Å². The van der Waals surface area contributed by atoms with Crippen LogP contribution in [-0.2, 0) is 14.3 Å². The molecule has 0 radical (unpaired) electrons. The summed E-state index contributed by atoms with van der Waals surface area (Å²) in [6, 6.07) is 22.3. The number of rotatable bonds is 7. The Hall–Kier alpha value is -4.39. The summed E-state index contributed by atoms with van der Waals surface area (Å²) in [5, 5.41) is 3.58. The SMILES string of the molecule is Cc1ccc(C)c(NC(=O)C(OC(=O)COc2ccc3ccc(=O)oc3c2)c2ccccc2)c1. The van der Waals surface area contributed by atoms with Gasteiger partial charge in [0.1, 0.15) is 11.3 Å². The predicted octanol–water partition coefficient (Wildman–Crippen LogP) is 4.71. The molecule has 0 bridgehead atoms. The Balaban J connectivity index is 1.47. The number of amides is 1. The molecule has 1 atom stereocenters.